The van der Waals surface area contributed by atoms with E-state index in [0.717, 1.165) is 16.6 Å². The van der Waals surface area contributed by atoms with Gasteiger partial charge in [-0.1, -0.05) is 34.1 Å². The van der Waals surface area contributed by atoms with Gasteiger partial charge in [-0.15, -0.1) is 0 Å². The number of halogens is 1. The van der Waals surface area contributed by atoms with Crippen molar-refractivity contribution in [3.05, 3.63) is 29.8 Å². The summed E-state index contributed by atoms with van der Waals surface area (Å²) in [6, 6.07) is 7.92. The minimum Gasteiger partial charge on any atom is -0.496 e. The van der Waals surface area contributed by atoms with Crippen molar-refractivity contribution in [2.75, 3.05) is 25.7 Å². The van der Waals surface area contributed by atoms with Gasteiger partial charge in [-0.3, -0.25) is 0 Å². The Hall–Kier alpha value is -0.580. The summed E-state index contributed by atoms with van der Waals surface area (Å²) in [6.07, 6.45) is 0.0222. The molecule has 0 aromatic heterocycles. The van der Waals surface area contributed by atoms with Gasteiger partial charge < -0.3 is 14.2 Å². The maximum Gasteiger partial charge on any atom is 0.124 e. The largest absolute Gasteiger partial charge is 0.496 e. The zero-order chi connectivity index (χ0) is 13.4. The van der Waals surface area contributed by atoms with Crippen LogP contribution in [0.2, 0.25) is 0 Å². The molecule has 102 valence electrons. The molecule has 2 unspecified atom stereocenters. The second-order valence-electron chi connectivity index (χ2n) is 3.99. The first kappa shape index (κ1) is 15.5. The van der Waals surface area contributed by atoms with E-state index in [9.17, 15) is 0 Å². The monoisotopic (exact) mass is 316 g/mol. The lowest BCUT2D eigenvalue weighted by Gasteiger charge is -2.22. The van der Waals surface area contributed by atoms with Gasteiger partial charge in [0.2, 0.25) is 0 Å². The van der Waals surface area contributed by atoms with Crippen LogP contribution in [0.1, 0.15) is 25.5 Å². The zero-order valence-corrected chi connectivity index (χ0v) is 12.8. The predicted octanol–water partition coefficient (Wildman–Crippen LogP) is 3.57. The van der Waals surface area contributed by atoms with E-state index in [1.54, 1.807) is 7.11 Å². The Balaban J connectivity index is 2.70. The molecule has 0 N–H and O–H groups in total. The molecule has 0 fully saturated rings. The van der Waals surface area contributed by atoms with Crippen LogP contribution in [0, 0.1) is 0 Å². The lowest BCUT2D eigenvalue weighted by atomic mass is 10.1. The van der Waals surface area contributed by atoms with Crippen LogP contribution >= 0.6 is 15.9 Å². The summed E-state index contributed by atoms with van der Waals surface area (Å²) < 4.78 is 16.7. The third-order valence-corrected chi connectivity index (χ3v) is 3.17. The van der Waals surface area contributed by atoms with Crippen molar-refractivity contribution < 1.29 is 14.2 Å². The Morgan fingerprint density at radius 2 is 2.00 bits per heavy atom. The topological polar surface area (TPSA) is 27.7 Å². The molecule has 18 heavy (non-hydrogen) atoms. The molecule has 2 atom stereocenters. The highest BCUT2D eigenvalue weighted by Crippen LogP contribution is 2.29. The van der Waals surface area contributed by atoms with Crippen LogP contribution in [0.15, 0.2) is 24.3 Å². The summed E-state index contributed by atoms with van der Waals surface area (Å²) >= 11 is 3.49. The van der Waals surface area contributed by atoms with E-state index < -0.39 is 0 Å². The number of ether oxygens (including phenoxy) is 3. The molecule has 0 aliphatic heterocycles. The molecule has 0 spiro atoms. The maximum absolute atomic E-state index is 5.98. The highest BCUT2D eigenvalue weighted by Gasteiger charge is 2.18. The lowest BCUT2D eigenvalue weighted by molar-refractivity contribution is -0.0389. The fourth-order valence-corrected chi connectivity index (χ4v) is 2.23. The quantitative estimate of drug-likeness (QED) is 0.686. The minimum absolute atomic E-state index is 0.0309. The van der Waals surface area contributed by atoms with Gasteiger partial charge >= 0.3 is 0 Å². The SMILES string of the molecule is CCOCC(C)OC(CBr)c1ccccc1OC. The van der Waals surface area contributed by atoms with Crippen molar-refractivity contribution in [2.24, 2.45) is 0 Å². The molecular formula is C14H21BrO3. The van der Waals surface area contributed by atoms with Crippen LogP contribution in [0.5, 0.6) is 5.75 Å². The maximum atomic E-state index is 5.98. The second-order valence-corrected chi connectivity index (χ2v) is 4.64. The van der Waals surface area contributed by atoms with Gasteiger partial charge in [0.25, 0.3) is 0 Å². The molecule has 1 aromatic carbocycles. The number of rotatable bonds is 8. The van der Waals surface area contributed by atoms with Crippen LogP contribution in [-0.2, 0) is 9.47 Å². The van der Waals surface area contributed by atoms with E-state index in [-0.39, 0.29) is 12.2 Å². The molecule has 0 saturated carbocycles. The first-order valence-electron chi connectivity index (χ1n) is 6.15. The van der Waals surface area contributed by atoms with E-state index in [2.05, 4.69) is 15.9 Å². The van der Waals surface area contributed by atoms with E-state index >= 15 is 0 Å². The van der Waals surface area contributed by atoms with Crippen LogP contribution in [0.4, 0.5) is 0 Å². The molecule has 0 bridgehead atoms. The second kappa shape index (κ2) is 8.51. The molecule has 0 aliphatic carbocycles. The average molecular weight is 317 g/mol. The van der Waals surface area contributed by atoms with E-state index in [1.165, 1.54) is 0 Å². The number of alkyl halides is 1. The lowest BCUT2D eigenvalue weighted by Crippen LogP contribution is -2.20. The summed E-state index contributed by atoms with van der Waals surface area (Å²) in [5.41, 5.74) is 1.06. The van der Waals surface area contributed by atoms with Crippen LogP contribution in [-0.4, -0.2) is 31.8 Å². The van der Waals surface area contributed by atoms with Crippen molar-refractivity contribution >= 4 is 15.9 Å². The molecule has 3 nitrogen and oxygen atoms in total. The molecule has 0 amide bonds. The van der Waals surface area contributed by atoms with Crippen LogP contribution < -0.4 is 4.74 Å². The molecule has 1 rings (SSSR count). The smallest absolute Gasteiger partial charge is 0.124 e. The molecule has 0 heterocycles. The third-order valence-electron chi connectivity index (χ3n) is 2.58. The highest BCUT2D eigenvalue weighted by molar-refractivity contribution is 9.09. The van der Waals surface area contributed by atoms with Gasteiger partial charge in [-0.25, -0.2) is 0 Å². The Morgan fingerprint density at radius 1 is 1.28 bits per heavy atom. The van der Waals surface area contributed by atoms with Gasteiger partial charge in [-0.05, 0) is 19.9 Å². The van der Waals surface area contributed by atoms with Crippen molar-refractivity contribution in [3.63, 3.8) is 0 Å². The van der Waals surface area contributed by atoms with Crippen molar-refractivity contribution in [1.82, 2.24) is 0 Å². The van der Waals surface area contributed by atoms with Gasteiger partial charge in [0.15, 0.2) is 0 Å². The van der Waals surface area contributed by atoms with Gasteiger partial charge in [0, 0.05) is 17.5 Å². The molecule has 0 aliphatic rings. The molecule has 1 aromatic rings. The Labute approximate surface area is 118 Å². The molecular weight excluding hydrogens is 296 g/mol. The first-order valence-corrected chi connectivity index (χ1v) is 7.27. The van der Waals surface area contributed by atoms with Gasteiger partial charge in [0.1, 0.15) is 5.75 Å². The summed E-state index contributed by atoms with van der Waals surface area (Å²) in [5.74, 6) is 0.852. The van der Waals surface area contributed by atoms with Crippen molar-refractivity contribution in [1.29, 1.82) is 0 Å². The van der Waals surface area contributed by atoms with E-state index in [4.69, 9.17) is 14.2 Å². The third kappa shape index (κ3) is 4.59. The predicted molar refractivity (Wildman–Crippen MR) is 76.6 cm³/mol. The summed E-state index contributed by atoms with van der Waals surface area (Å²) in [5, 5.41) is 0.726. The number of hydrogen-bond acceptors (Lipinski definition) is 3. The fraction of sp³-hybridized carbons (Fsp3) is 0.571. The van der Waals surface area contributed by atoms with Crippen molar-refractivity contribution in [2.45, 2.75) is 26.1 Å². The van der Waals surface area contributed by atoms with Crippen LogP contribution in [0.3, 0.4) is 0 Å². The van der Waals surface area contributed by atoms with Crippen LogP contribution in [0.25, 0.3) is 0 Å². The Kier molecular flexibility index (Phi) is 7.32. The number of para-hydroxylation sites is 1. The number of hydrogen-bond donors (Lipinski definition) is 0. The molecule has 0 radical (unpaired) electrons. The Bertz CT molecular complexity index is 344. The van der Waals surface area contributed by atoms with E-state index in [0.29, 0.717) is 13.2 Å². The minimum atomic E-state index is -0.0309. The molecule has 4 heteroatoms. The number of benzene rings is 1. The standard InChI is InChI=1S/C14H21BrO3/c1-4-17-10-11(2)18-14(9-15)12-7-5-6-8-13(12)16-3/h5-8,11,14H,4,9-10H2,1-3H3. The fourth-order valence-electron chi connectivity index (χ4n) is 1.73. The molecule has 0 saturated heterocycles. The van der Waals surface area contributed by atoms with Gasteiger partial charge in [0.05, 0.1) is 25.9 Å². The van der Waals surface area contributed by atoms with E-state index in [1.807, 2.05) is 38.1 Å². The zero-order valence-electron chi connectivity index (χ0n) is 11.2. The normalized spacial score (nSPS) is 14.2. The average Bonchev–Trinajstić information content (AvgIpc) is 2.42. The Morgan fingerprint density at radius 3 is 2.61 bits per heavy atom. The number of methoxy groups -OCH3 is 1. The highest BCUT2D eigenvalue weighted by atomic mass is 79.9. The summed E-state index contributed by atoms with van der Waals surface area (Å²) in [6.45, 7) is 5.31. The summed E-state index contributed by atoms with van der Waals surface area (Å²) in [4.78, 5) is 0. The first-order chi connectivity index (χ1) is 8.72. The van der Waals surface area contributed by atoms with Gasteiger partial charge in [-0.2, -0.15) is 0 Å². The summed E-state index contributed by atoms with van der Waals surface area (Å²) in [7, 11) is 1.67. The van der Waals surface area contributed by atoms with Crippen molar-refractivity contribution in [3.8, 4) is 5.75 Å².